The summed E-state index contributed by atoms with van der Waals surface area (Å²) in [5.41, 5.74) is 1.17. The van der Waals surface area contributed by atoms with Gasteiger partial charge in [-0.1, -0.05) is 11.6 Å². The highest BCUT2D eigenvalue weighted by Crippen LogP contribution is 2.28. The van der Waals surface area contributed by atoms with Crippen molar-refractivity contribution in [1.29, 1.82) is 0 Å². The number of aromatic nitrogens is 2. The van der Waals surface area contributed by atoms with Gasteiger partial charge in [0.15, 0.2) is 0 Å². The Labute approximate surface area is 106 Å². The molecule has 0 amide bonds. The first-order chi connectivity index (χ1) is 7.15. The lowest BCUT2D eigenvalue weighted by molar-refractivity contribution is 0.426. The van der Waals surface area contributed by atoms with Gasteiger partial charge in [0.05, 0.1) is 18.1 Å². The summed E-state index contributed by atoms with van der Waals surface area (Å²) in [7, 11) is -1.57. The number of halogens is 2. The Morgan fingerprint density at radius 3 is 2.80 bits per heavy atom. The van der Waals surface area contributed by atoms with E-state index in [1.165, 1.54) is 0 Å². The van der Waals surface area contributed by atoms with Crippen LogP contribution in [-0.4, -0.2) is 26.7 Å². The second kappa shape index (κ2) is 4.55. The highest BCUT2D eigenvalue weighted by molar-refractivity contribution is 14.2. The predicted octanol–water partition coefficient (Wildman–Crippen LogP) is 1.16. The van der Waals surface area contributed by atoms with Crippen molar-refractivity contribution in [3.05, 3.63) is 23.4 Å². The van der Waals surface area contributed by atoms with E-state index < -0.39 is 7.12 Å². The number of nitrogens with zero attached hydrogens (tertiary/aromatic N) is 2. The topological polar surface area (TPSA) is 58.3 Å². The maximum absolute atomic E-state index is 9.22. The lowest BCUT2D eigenvalue weighted by Gasteiger charge is -2.04. The zero-order chi connectivity index (χ0) is 11.0. The second-order valence-electron chi connectivity index (χ2n) is 2.91. The molecule has 0 aliphatic carbocycles. The highest BCUT2D eigenvalue weighted by atomic mass is 127. The molecule has 15 heavy (non-hydrogen) atoms. The molecule has 0 bridgehead atoms. The third-order valence-electron chi connectivity index (χ3n) is 2.08. The Morgan fingerprint density at radius 2 is 2.20 bits per heavy atom. The molecule has 8 heteroatoms. The van der Waals surface area contributed by atoms with Crippen molar-refractivity contribution in [2.24, 2.45) is 0 Å². The van der Waals surface area contributed by atoms with Gasteiger partial charge in [-0.2, -0.15) is 5.10 Å². The Bertz CT molecular complexity index is 507. The average Bonchev–Trinajstić information content (AvgIpc) is 2.59. The molecule has 0 spiro atoms. The van der Waals surface area contributed by atoms with Crippen molar-refractivity contribution in [1.82, 2.24) is 9.55 Å². The smallest absolute Gasteiger partial charge is 0.423 e. The molecule has 0 fully saturated rings. The molecular weight excluding hydrogens is 348 g/mol. The van der Waals surface area contributed by atoms with Gasteiger partial charge < -0.3 is 10.0 Å². The molecule has 1 heterocycles. The van der Waals surface area contributed by atoms with Gasteiger partial charge in [-0.15, -0.1) is 0 Å². The molecule has 2 N–H and O–H groups in total. The minimum absolute atomic E-state index is 0.315. The maximum atomic E-state index is 9.22. The molecule has 1 aromatic heterocycles. The minimum Gasteiger partial charge on any atom is -0.423 e. The SMILES string of the molecule is OB(O)c1c(Cl)ccc2c1cnn2PI. The molecule has 0 saturated heterocycles. The number of benzene rings is 1. The first-order valence-electron chi connectivity index (χ1n) is 4.04. The van der Waals surface area contributed by atoms with E-state index >= 15 is 0 Å². The molecule has 2 aromatic rings. The molecule has 0 radical (unpaired) electrons. The van der Waals surface area contributed by atoms with Crippen LogP contribution in [-0.2, 0) is 0 Å². The largest absolute Gasteiger partial charge is 0.490 e. The molecular formula is C7H6BClIN2O2P. The van der Waals surface area contributed by atoms with Crippen LogP contribution in [0.4, 0.5) is 0 Å². The number of hydrogen-bond donors (Lipinski definition) is 2. The standard InChI is InChI=1S/C7H6BClIN2O2P/c9-5-1-2-6-4(7(5)8(13)14)3-11-12(6)15-10/h1-3,13-15H. The number of rotatable bonds is 2. The van der Waals surface area contributed by atoms with Gasteiger partial charge in [-0.05, 0) is 34.2 Å². The first-order valence-corrected chi connectivity index (χ1v) is 8.48. The number of fused-ring (bicyclic) bond motifs is 1. The molecule has 0 aliphatic rings. The summed E-state index contributed by atoms with van der Waals surface area (Å²) in [4.78, 5) is 0. The fraction of sp³-hybridized carbons (Fsp3) is 0. The minimum atomic E-state index is -1.57. The summed E-state index contributed by atoms with van der Waals surface area (Å²) in [6.07, 6.45) is 2.06. The fourth-order valence-electron chi connectivity index (χ4n) is 1.43. The van der Waals surface area contributed by atoms with Crippen LogP contribution >= 0.6 is 40.0 Å². The van der Waals surface area contributed by atoms with E-state index in [1.807, 2.05) is 6.07 Å². The monoisotopic (exact) mass is 354 g/mol. The lowest BCUT2D eigenvalue weighted by Crippen LogP contribution is -2.31. The van der Waals surface area contributed by atoms with Gasteiger partial charge in [0.25, 0.3) is 0 Å². The van der Waals surface area contributed by atoms with E-state index in [9.17, 15) is 10.0 Å². The highest BCUT2D eigenvalue weighted by Gasteiger charge is 2.20. The van der Waals surface area contributed by atoms with Crippen LogP contribution in [0.5, 0.6) is 0 Å². The maximum Gasteiger partial charge on any atom is 0.490 e. The Balaban J connectivity index is 2.77. The third kappa shape index (κ3) is 2.01. The van der Waals surface area contributed by atoms with Crippen LogP contribution in [0.1, 0.15) is 0 Å². The van der Waals surface area contributed by atoms with Crippen molar-refractivity contribution >= 4 is 63.5 Å². The van der Waals surface area contributed by atoms with E-state index in [0.29, 0.717) is 22.2 Å². The third-order valence-corrected chi connectivity index (χ3v) is 4.30. The zero-order valence-corrected chi connectivity index (χ0v) is 11.3. The molecule has 1 aromatic carbocycles. The van der Waals surface area contributed by atoms with Crippen molar-refractivity contribution in [3.63, 3.8) is 0 Å². The van der Waals surface area contributed by atoms with E-state index in [2.05, 4.69) is 27.1 Å². The normalized spacial score (nSPS) is 11.7. The Hall–Kier alpha value is 0.125. The molecule has 4 nitrogen and oxygen atoms in total. The fourth-order valence-corrected chi connectivity index (χ4v) is 3.23. The summed E-state index contributed by atoms with van der Waals surface area (Å²) in [5.74, 6) is 0. The number of hydrogen-bond acceptors (Lipinski definition) is 3. The molecule has 0 saturated carbocycles. The van der Waals surface area contributed by atoms with Crippen LogP contribution in [0.2, 0.25) is 5.02 Å². The van der Waals surface area contributed by atoms with Crippen molar-refractivity contribution in [3.8, 4) is 0 Å². The summed E-state index contributed by atoms with van der Waals surface area (Å²) in [5, 5.41) is 23.6. The van der Waals surface area contributed by atoms with E-state index in [-0.39, 0.29) is 0 Å². The average molecular weight is 354 g/mol. The van der Waals surface area contributed by atoms with Crippen molar-refractivity contribution in [2.45, 2.75) is 0 Å². The van der Waals surface area contributed by atoms with Crippen molar-refractivity contribution in [2.75, 3.05) is 0 Å². The van der Waals surface area contributed by atoms with Gasteiger partial charge in [0.1, 0.15) is 0 Å². The Morgan fingerprint density at radius 1 is 1.47 bits per heavy atom. The molecule has 78 valence electrons. The molecule has 0 aliphatic heterocycles. The quantitative estimate of drug-likeness (QED) is 0.484. The summed E-state index contributed by atoms with van der Waals surface area (Å²) in [6, 6.07) is 3.47. The van der Waals surface area contributed by atoms with Gasteiger partial charge in [0.2, 0.25) is 0 Å². The lowest BCUT2D eigenvalue weighted by atomic mass is 9.78. The molecule has 1 unspecified atom stereocenters. The van der Waals surface area contributed by atoms with E-state index in [0.717, 1.165) is 5.52 Å². The van der Waals surface area contributed by atoms with Gasteiger partial charge in [-0.3, -0.25) is 0 Å². The van der Waals surface area contributed by atoms with Gasteiger partial charge in [0, 0.05) is 15.9 Å². The Kier molecular flexibility index (Phi) is 3.52. The van der Waals surface area contributed by atoms with Crippen LogP contribution in [0.3, 0.4) is 0 Å². The van der Waals surface area contributed by atoms with Crippen LogP contribution in [0.25, 0.3) is 10.9 Å². The van der Waals surface area contributed by atoms with Crippen LogP contribution in [0, 0.1) is 0 Å². The molecule has 2 rings (SSSR count). The second-order valence-corrected chi connectivity index (χ2v) is 5.36. The predicted molar refractivity (Wildman–Crippen MR) is 72.3 cm³/mol. The first kappa shape index (κ1) is 11.6. The van der Waals surface area contributed by atoms with Gasteiger partial charge >= 0.3 is 7.12 Å². The molecule has 1 atom stereocenters. The van der Waals surface area contributed by atoms with Crippen LogP contribution in [0.15, 0.2) is 18.3 Å². The van der Waals surface area contributed by atoms with Crippen molar-refractivity contribution < 1.29 is 10.0 Å². The zero-order valence-electron chi connectivity index (χ0n) is 7.35. The van der Waals surface area contributed by atoms with E-state index in [1.54, 1.807) is 16.7 Å². The summed E-state index contributed by atoms with van der Waals surface area (Å²) >= 11 is 8.10. The van der Waals surface area contributed by atoms with Crippen LogP contribution < -0.4 is 5.46 Å². The summed E-state index contributed by atoms with van der Waals surface area (Å²) < 4.78 is 1.79. The van der Waals surface area contributed by atoms with Gasteiger partial charge in [-0.25, -0.2) is 4.45 Å². The van der Waals surface area contributed by atoms with E-state index in [4.69, 9.17) is 11.6 Å². The summed E-state index contributed by atoms with van der Waals surface area (Å²) in [6.45, 7) is 0.